The van der Waals surface area contributed by atoms with E-state index in [4.69, 9.17) is 19.5 Å². The van der Waals surface area contributed by atoms with E-state index < -0.39 is 0 Å². The number of fused-ring (bicyclic) bond motifs is 3. The van der Waals surface area contributed by atoms with Crippen molar-refractivity contribution >= 4 is 50.1 Å². The molecule has 3 heterocycles. The zero-order valence-electron chi connectivity index (χ0n) is 20.7. The SMILES string of the molecule is COc1ccc(C2=NC[C@H](CSc3nc4sc5c(c4c(=O)n3-c3ccccc3OC)CCCC5)S2)cc1. The molecule has 1 atom stereocenters. The fourth-order valence-electron chi connectivity index (χ4n) is 4.87. The predicted molar refractivity (Wildman–Crippen MR) is 155 cm³/mol. The monoisotopic (exact) mass is 549 g/mol. The van der Waals surface area contributed by atoms with E-state index in [2.05, 4.69) is 0 Å². The van der Waals surface area contributed by atoms with Gasteiger partial charge in [0.1, 0.15) is 16.3 Å². The first-order chi connectivity index (χ1) is 18.2. The molecule has 9 heteroatoms. The van der Waals surface area contributed by atoms with Gasteiger partial charge in [-0.1, -0.05) is 23.9 Å². The second-order valence-corrected chi connectivity index (χ2v) is 12.4. The maximum absolute atomic E-state index is 14.1. The highest BCUT2D eigenvalue weighted by Crippen LogP contribution is 2.37. The molecule has 1 aliphatic carbocycles. The fraction of sp³-hybridized carbons (Fsp3) is 0.321. The van der Waals surface area contributed by atoms with E-state index in [1.54, 1.807) is 53.6 Å². The lowest BCUT2D eigenvalue weighted by Crippen LogP contribution is -2.23. The van der Waals surface area contributed by atoms with Crippen molar-refractivity contribution in [1.82, 2.24) is 9.55 Å². The van der Waals surface area contributed by atoms with Gasteiger partial charge in [-0.3, -0.25) is 14.4 Å². The van der Waals surface area contributed by atoms with Crippen LogP contribution in [0.4, 0.5) is 0 Å². The quantitative estimate of drug-likeness (QED) is 0.208. The molecule has 4 aromatic rings. The molecule has 0 N–H and O–H groups in total. The molecule has 2 aromatic carbocycles. The van der Waals surface area contributed by atoms with E-state index in [1.165, 1.54) is 16.9 Å². The number of para-hydroxylation sites is 2. The van der Waals surface area contributed by atoms with E-state index in [0.717, 1.165) is 63.8 Å². The number of methoxy groups -OCH3 is 2. The number of aromatic nitrogens is 2. The maximum atomic E-state index is 14.1. The number of hydrogen-bond donors (Lipinski definition) is 0. The molecule has 190 valence electrons. The molecule has 0 saturated carbocycles. The lowest BCUT2D eigenvalue weighted by atomic mass is 9.97. The first-order valence-electron chi connectivity index (χ1n) is 12.3. The molecule has 0 saturated heterocycles. The number of benzene rings is 2. The van der Waals surface area contributed by atoms with Gasteiger partial charge in [0.15, 0.2) is 5.16 Å². The van der Waals surface area contributed by atoms with Crippen molar-refractivity contribution in [3.8, 4) is 17.2 Å². The molecule has 0 fully saturated rings. The van der Waals surface area contributed by atoms with E-state index in [-0.39, 0.29) is 5.56 Å². The molecule has 0 bridgehead atoms. The second kappa shape index (κ2) is 10.6. The van der Waals surface area contributed by atoms with Crippen LogP contribution in [0.15, 0.2) is 63.5 Å². The summed E-state index contributed by atoms with van der Waals surface area (Å²) in [6.45, 7) is 0.744. The van der Waals surface area contributed by atoms with Gasteiger partial charge in [-0.15, -0.1) is 23.1 Å². The zero-order valence-corrected chi connectivity index (χ0v) is 23.2. The highest BCUT2D eigenvalue weighted by Gasteiger charge is 2.26. The Morgan fingerprint density at radius 3 is 2.68 bits per heavy atom. The molecule has 6 rings (SSSR count). The van der Waals surface area contributed by atoms with Crippen LogP contribution in [-0.2, 0) is 12.8 Å². The van der Waals surface area contributed by atoms with Gasteiger partial charge in [-0.2, -0.15) is 0 Å². The average Bonchev–Trinajstić information content (AvgIpc) is 3.57. The predicted octanol–water partition coefficient (Wildman–Crippen LogP) is 6.00. The number of hydrogen-bond acceptors (Lipinski definition) is 8. The molecule has 2 aromatic heterocycles. The highest BCUT2D eigenvalue weighted by atomic mass is 32.2. The lowest BCUT2D eigenvalue weighted by molar-refractivity contribution is 0.411. The number of nitrogens with zero attached hydrogens (tertiary/aromatic N) is 3. The normalized spacial score (nSPS) is 17.0. The number of thioether (sulfide) groups is 2. The summed E-state index contributed by atoms with van der Waals surface area (Å²) >= 11 is 5.11. The van der Waals surface area contributed by atoms with Crippen LogP contribution in [0.2, 0.25) is 0 Å². The Kier molecular flexibility index (Phi) is 7.01. The topological polar surface area (TPSA) is 65.7 Å². The molecule has 0 unspecified atom stereocenters. The number of ether oxygens (including phenoxy) is 2. The van der Waals surface area contributed by atoms with Gasteiger partial charge in [0.25, 0.3) is 5.56 Å². The van der Waals surface area contributed by atoms with Crippen molar-refractivity contribution in [3.63, 3.8) is 0 Å². The maximum Gasteiger partial charge on any atom is 0.267 e. The van der Waals surface area contributed by atoms with Crippen LogP contribution in [0, 0.1) is 0 Å². The van der Waals surface area contributed by atoms with E-state index in [1.807, 2.05) is 48.5 Å². The van der Waals surface area contributed by atoms with Gasteiger partial charge >= 0.3 is 0 Å². The summed E-state index contributed by atoms with van der Waals surface area (Å²) in [7, 11) is 3.31. The minimum Gasteiger partial charge on any atom is -0.497 e. The van der Waals surface area contributed by atoms with Crippen LogP contribution in [0.3, 0.4) is 0 Å². The van der Waals surface area contributed by atoms with Crippen molar-refractivity contribution in [1.29, 1.82) is 0 Å². The third-order valence-corrected chi connectivity index (χ3v) is 10.5. The highest BCUT2D eigenvalue weighted by molar-refractivity contribution is 8.16. The molecule has 0 spiro atoms. The van der Waals surface area contributed by atoms with Crippen molar-refractivity contribution < 1.29 is 9.47 Å². The minimum atomic E-state index is 0.00523. The Labute approximate surface area is 228 Å². The smallest absolute Gasteiger partial charge is 0.267 e. The van der Waals surface area contributed by atoms with Crippen molar-refractivity contribution in [2.24, 2.45) is 4.99 Å². The Morgan fingerprint density at radius 2 is 1.86 bits per heavy atom. The third kappa shape index (κ3) is 4.69. The van der Waals surface area contributed by atoms with Gasteiger partial charge in [0.05, 0.1) is 36.9 Å². The van der Waals surface area contributed by atoms with Crippen LogP contribution >= 0.6 is 34.9 Å². The van der Waals surface area contributed by atoms with Gasteiger partial charge in [0.2, 0.25) is 0 Å². The van der Waals surface area contributed by atoms with Crippen LogP contribution in [0.1, 0.15) is 28.8 Å². The fourth-order valence-corrected chi connectivity index (χ4v) is 8.45. The summed E-state index contributed by atoms with van der Waals surface area (Å²) in [5, 5.41) is 2.84. The summed E-state index contributed by atoms with van der Waals surface area (Å²) in [6.07, 6.45) is 4.29. The number of rotatable bonds is 7. The summed E-state index contributed by atoms with van der Waals surface area (Å²) in [5.74, 6) is 2.30. The van der Waals surface area contributed by atoms with Crippen LogP contribution in [0.5, 0.6) is 11.5 Å². The molecular weight excluding hydrogens is 523 g/mol. The Morgan fingerprint density at radius 1 is 1.05 bits per heavy atom. The lowest BCUT2D eigenvalue weighted by Gasteiger charge is -2.16. The first kappa shape index (κ1) is 24.6. The molecule has 0 radical (unpaired) electrons. The van der Waals surface area contributed by atoms with Crippen molar-refractivity contribution in [3.05, 3.63) is 74.9 Å². The van der Waals surface area contributed by atoms with Gasteiger partial charge < -0.3 is 9.47 Å². The van der Waals surface area contributed by atoms with Crippen LogP contribution in [0.25, 0.3) is 15.9 Å². The molecule has 37 heavy (non-hydrogen) atoms. The Bertz CT molecular complexity index is 1540. The zero-order chi connectivity index (χ0) is 25.4. The van der Waals surface area contributed by atoms with Crippen molar-refractivity contribution in [2.75, 3.05) is 26.5 Å². The Balaban J connectivity index is 1.32. The molecule has 2 aliphatic rings. The average molecular weight is 550 g/mol. The Hall–Kier alpha value is -2.75. The van der Waals surface area contributed by atoms with Gasteiger partial charge in [-0.05, 0) is 67.6 Å². The number of aryl methyl sites for hydroxylation is 2. The van der Waals surface area contributed by atoms with Crippen LogP contribution < -0.4 is 15.0 Å². The van der Waals surface area contributed by atoms with Crippen LogP contribution in [-0.4, -0.2) is 46.4 Å². The van der Waals surface area contributed by atoms with E-state index in [0.29, 0.717) is 16.2 Å². The molecule has 6 nitrogen and oxygen atoms in total. The number of thiophene rings is 1. The van der Waals surface area contributed by atoms with Gasteiger partial charge in [0, 0.05) is 21.4 Å². The molecule has 1 aliphatic heterocycles. The molecular formula is C28H27N3O3S3. The summed E-state index contributed by atoms with van der Waals surface area (Å²) in [5.41, 5.74) is 3.04. The first-order valence-corrected chi connectivity index (χ1v) is 15.0. The van der Waals surface area contributed by atoms with E-state index >= 15 is 0 Å². The minimum absolute atomic E-state index is 0.00523. The second-order valence-electron chi connectivity index (χ2n) is 9.02. The van der Waals surface area contributed by atoms with Gasteiger partial charge in [-0.25, -0.2) is 4.98 Å². The largest absolute Gasteiger partial charge is 0.497 e. The summed E-state index contributed by atoms with van der Waals surface area (Å²) in [4.78, 5) is 26.1. The third-order valence-electron chi connectivity index (χ3n) is 6.74. The molecule has 0 amide bonds. The number of aliphatic imine (C=N–C) groups is 1. The van der Waals surface area contributed by atoms with E-state index in [9.17, 15) is 4.79 Å². The standard InChI is InChI=1S/C28H27N3O3S3/c1-33-18-13-11-17(12-14-18)25-29-15-19(36-25)16-35-28-30-26-24(20-7-3-6-10-23(20)37-26)27(32)31(28)21-8-4-5-9-22(21)34-2/h4-5,8-9,11-14,19H,3,6-7,10,15-16H2,1-2H3/t19-/m1/s1. The summed E-state index contributed by atoms with van der Waals surface area (Å²) < 4.78 is 12.7. The van der Waals surface area contributed by atoms with Crippen molar-refractivity contribution in [2.45, 2.75) is 36.1 Å². The summed E-state index contributed by atoms with van der Waals surface area (Å²) in [6, 6.07) is 15.7.